The van der Waals surface area contributed by atoms with Crippen LogP contribution in [0, 0.1) is 12.8 Å². The molecule has 1 aromatic carbocycles. The van der Waals surface area contributed by atoms with E-state index >= 15 is 0 Å². The number of nitrogens with one attached hydrogen (secondary N) is 1. The lowest BCUT2D eigenvalue weighted by molar-refractivity contribution is 0.0898. The first-order valence-electron chi connectivity index (χ1n) is 6.81. The summed E-state index contributed by atoms with van der Waals surface area (Å²) >= 11 is 0. The fourth-order valence-corrected chi connectivity index (χ4v) is 2.16. The van der Waals surface area contributed by atoms with Crippen LogP contribution in [0.3, 0.4) is 0 Å². The molecule has 0 radical (unpaired) electrons. The van der Waals surface area contributed by atoms with Crippen LogP contribution in [0.25, 0.3) is 10.9 Å². The quantitative estimate of drug-likeness (QED) is 0.897. The number of para-hydroxylation sites is 1. The highest BCUT2D eigenvalue weighted by atomic mass is 16.3. The van der Waals surface area contributed by atoms with Crippen molar-refractivity contribution in [1.29, 1.82) is 0 Å². The smallest absolute Gasteiger partial charge is 0.252 e. The molecule has 106 valence electrons. The number of amides is 1. The number of hydrogen-bond donors (Lipinski definition) is 2. The minimum absolute atomic E-state index is 0.0641. The Hall–Kier alpha value is -1.94. The van der Waals surface area contributed by atoms with Crippen LogP contribution in [0.5, 0.6) is 0 Å². The van der Waals surface area contributed by atoms with Gasteiger partial charge in [0.2, 0.25) is 0 Å². The van der Waals surface area contributed by atoms with Gasteiger partial charge in [0.1, 0.15) is 0 Å². The van der Waals surface area contributed by atoms with E-state index in [1.54, 1.807) is 6.07 Å². The molecule has 1 aromatic heterocycles. The topological polar surface area (TPSA) is 62.2 Å². The number of pyridine rings is 1. The number of carbonyl (C=O) groups excluding carboxylic acids is 1. The molecule has 2 rings (SSSR count). The lowest BCUT2D eigenvalue weighted by Crippen LogP contribution is -2.41. The third-order valence-corrected chi connectivity index (χ3v) is 3.41. The number of aromatic nitrogens is 1. The van der Waals surface area contributed by atoms with Crippen molar-refractivity contribution in [3.8, 4) is 0 Å². The van der Waals surface area contributed by atoms with Gasteiger partial charge in [0.25, 0.3) is 5.91 Å². The van der Waals surface area contributed by atoms with Crippen LogP contribution in [0.2, 0.25) is 0 Å². The molecule has 2 aromatic rings. The standard InChI is InChI=1S/C16H20N2O2/c1-10(2)15(9-19)18-16(20)13-8-11(3)17-14-7-5-4-6-12(13)14/h4-8,10,15,19H,9H2,1-3H3,(H,18,20). The second-order valence-electron chi connectivity index (χ2n) is 5.33. The van der Waals surface area contributed by atoms with Crippen LogP contribution in [-0.2, 0) is 0 Å². The minimum Gasteiger partial charge on any atom is -0.394 e. The molecule has 0 aliphatic carbocycles. The Kier molecular flexibility index (Phi) is 4.35. The molecule has 20 heavy (non-hydrogen) atoms. The summed E-state index contributed by atoms with van der Waals surface area (Å²) in [6.45, 7) is 5.74. The Balaban J connectivity index is 2.39. The zero-order chi connectivity index (χ0) is 14.7. The van der Waals surface area contributed by atoms with Crippen molar-refractivity contribution in [1.82, 2.24) is 10.3 Å². The molecule has 1 heterocycles. The monoisotopic (exact) mass is 272 g/mol. The van der Waals surface area contributed by atoms with Crippen LogP contribution in [0.15, 0.2) is 30.3 Å². The zero-order valence-electron chi connectivity index (χ0n) is 12.1. The van der Waals surface area contributed by atoms with Crippen LogP contribution < -0.4 is 5.32 Å². The predicted molar refractivity (Wildman–Crippen MR) is 79.7 cm³/mol. The highest BCUT2D eigenvalue weighted by molar-refractivity contribution is 6.06. The number of aliphatic hydroxyl groups excluding tert-OH is 1. The highest BCUT2D eigenvalue weighted by Gasteiger charge is 2.18. The Morgan fingerprint density at radius 1 is 1.35 bits per heavy atom. The number of aliphatic hydroxyl groups is 1. The molecule has 0 bridgehead atoms. The molecule has 1 unspecified atom stereocenters. The first kappa shape index (κ1) is 14.5. The van der Waals surface area contributed by atoms with Crippen LogP contribution in [-0.4, -0.2) is 28.6 Å². The molecule has 0 spiro atoms. The number of aryl methyl sites for hydroxylation is 1. The van der Waals surface area contributed by atoms with E-state index in [1.165, 1.54) is 0 Å². The third-order valence-electron chi connectivity index (χ3n) is 3.41. The van der Waals surface area contributed by atoms with Gasteiger partial charge in [0.05, 0.1) is 23.7 Å². The molecule has 0 aliphatic heterocycles. The molecule has 0 aliphatic rings. The summed E-state index contributed by atoms with van der Waals surface area (Å²) in [6, 6.07) is 9.12. The van der Waals surface area contributed by atoms with Crippen LogP contribution >= 0.6 is 0 Å². The van der Waals surface area contributed by atoms with Gasteiger partial charge in [-0.25, -0.2) is 0 Å². The van der Waals surface area contributed by atoms with Gasteiger partial charge in [0, 0.05) is 11.1 Å². The van der Waals surface area contributed by atoms with Crippen molar-refractivity contribution in [3.63, 3.8) is 0 Å². The molecule has 1 atom stereocenters. The Bertz CT molecular complexity index is 623. The van der Waals surface area contributed by atoms with Crippen molar-refractivity contribution in [3.05, 3.63) is 41.6 Å². The molecule has 4 heteroatoms. The minimum atomic E-state index is -0.241. The number of carbonyl (C=O) groups is 1. The first-order valence-corrected chi connectivity index (χ1v) is 6.81. The summed E-state index contributed by atoms with van der Waals surface area (Å²) in [5.74, 6) is 0.0117. The summed E-state index contributed by atoms with van der Waals surface area (Å²) < 4.78 is 0. The average Bonchev–Trinajstić information content (AvgIpc) is 2.43. The second kappa shape index (κ2) is 6.01. The molecular weight excluding hydrogens is 252 g/mol. The molecule has 2 N–H and O–H groups in total. The Morgan fingerprint density at radius 2 is 2.05 bits per heavy atom. The fourth-order valence-electron chi connectivity index (χ4n) is 2.16. The van der Waals surface area contributed by atoms with Gasteiger partial charge in [-0.2, -0.15) is 0 Å². The van der Waals surface area contributed by atoms with Gasteiger partial charge in [-0.3, -0.25) is 9.78 Å². The summed E-state index contributed by atoms with van der Waals surface area (Å²) in [4.78, 5) is 16.9. The van der Waals surface area contributed by atoms with E-state index in [1.807, 2.05) is 45.0 Å². The molecule has 0 saturated carbocycles. The zero-order valence-corrected chi connectivity index (χ0v) is 12.1. The van der Waals surface area contributed by atoms with Crippen molar-refractivity contribution < 1.29 is 9.90 Å². The van der Waals surface area contributed by atoms with Gasteiger partial charge in [-0.15, -0.1) is 0 Å². The summed E-state index contributed by atoms with van der Waals surface area (Å²) in [5, 5.41) is 13.0. The van der Waals surface area contributed by atoms with Crippen molar-refractivity contribution >= 4 is 16.8 Å². The van der Waals surface area contributed by atoms with Gasteiger partial charge < -0.3 is 10.4 Å². The third kappa shape index (κ3) is 2.96. The van der Waals surface area contributed by atoms with Gasteiger partial charge in [-0.1, -0.05) is 32.0 Å². The number of hydrogen-bond acceptors (Lipinski definition) is 3. The summed E-state index contributed by atoms with van der Waals surface area (Å²) in [7, 11) is 0. The van der Waals surface area contributed by atoms with E-state index in [0.717, 1.165) is 16.6 Å². The van der Waals surface area contributed by atoms with Gasteiger partial charge in [-0.05, 0) is 25.0 Å². The van der Waals surface area contributed by atoms with E-state index < -0.39 is 0 Å². The maximum atomic E-state index is 12.4. The van der Waals surface area contributed by atoms with E-state index in [4.69, 9.17) is 0 Å². The highest BCUT2D eigenvalue weighted by Crippen LogP contribution is 2.18. The Labute approximate surface area is 118 Å². The van der Waals surface area contributed by atoms with E-state index in [9.17, 15) is 9.90 Å². The fraction of sp³-hybridized carbons (Fsp3) is 0.375. The first-order chi connectivity index (χ1) is 9.52. The van der Waals surface area contributed by atoms with Gasteiger partial charge in [0.15, 0.2) is 0 Å². The number of nitrogens with zero attached hydrogens (tertiary/aromatic N) is 1. The summed E-state index contributed by atoms with van der Waals surface area (Å²) in [5.41, 5.74) is 2.22. The predicted octanol–water partition coefficient (Wildman–Crippen LogP) is 2.29. The largest absolute Gasteiger partial charge is 0.394 e. The maximum absolute atomic E-state index is 12.4. The number of benzene rings is 1. The lowest BCUT2D eigenvalue weighted by Gasteiger charge is -2.20. The van der Waals surface area contributed by atoms with E-state index in [-0.39, 0.29) is 24.5 Å². The molecule has 1 amide bonds. The molecule has 4 nitrogen and oxygen atoms in total. The van der Waals surface area contributed by atoms with Crippen molar-refractivity contribution in [2.24, 2.45) is 5.92 Å². The van der Waals surface area contributed by atoms with Gasteiger partial charge >= 0.3 is 0 Å². The molecule has 0 saturated heterocycles. The van der Waals surface area contributed by atoms with Crippen LogP contribution in [0.1, 0.15) is 29.9 Å². The van der Waals surface area contributed by atoms with E-state index in [2.05, 4.69) is 10.3 Å². The summed E-state index contributed by atoms with van der Waals surface area (Å²) in [6.07, 6.45) is 0. The maximum Gasteiger partial charge on any atom is 0.252 e. The SMILES string of the molecule is Cc1cc(C(=O)NC(CO)C(C)C)c2ccccc2n1. The molecular formula is C16H20N2O2. The normalized spacial score (nSPS) is 12.7. The Morgan fingerprint density at radius 3 is 2.70 bits per heavy atom. The van der Waals surface area contributed by atoms with Crippen LogP contribution in [0.4, 0.5) is 0 Å². The lowest BCUT2D eigenvalue weighted by atomic mass is 10.0. The van der Waals surface area contributed by atoms with Crippen molar-refractivity contribution in [2.45, 2.75) is 26.8 Å². The average molecular weight is 272 g/mol. The number of rotatable bonds is 4. The number of fused-ring (bicyclic) bond motifs is 1. The van der Waals surface area contributed by atoms with Crippen molar-refractivity contribution in [2.75, 3.05) is 6.61 Å². The molecule has 0 fully saturated rings. The second-order valence-corrected chi connectivity index (χ2v) is 5.33. The van der Waals surface area contributed by atoms with E-state index in [0.29, 0.717) is 5.56 Å².